The van der Waals surface area contributed by atoms with Crippen LogP contribution in [0.15, 0.2) is 23.1 Å². The number of unbranched alkanes of at least 4 members (excludes halogenated alkanes) is 7. The van der Waals surface area contributed by atoms with Crippen LogP contribution in [0.4, 0.5) is 0 Å². The first kappa shape index (κ1) is 23.3. The zero-order valence-electron chi connectivity index (χ0n) is 15.8. The van der Waals surface area contributed by atoms with E-state index < -0.39 is 38.9 Å². The number of rotatable bonds is 13. The number of hydrogen-bond donors (Lipinski definition) is 2. The highest BCUT2D eigenvalue weighted by Gasteiger charge is 2.25. The summed E-state index contributed by atoms with van der Waals surface area (Å²) in [5.41, 5.74) is 4.91. The van der Waals surface area contributed by atoms with Gasteiger partial charge in [0.25, 0.3) is 10.1 Å². The van der Waals surface area contributed by atoms with Crippen LogP contribution in [0.3, 0.4) is 0 Å². The third-order valence-corrected chi connectivity index (χ3v) is 5.08. The van der Waals surface area contributed by atoms with E-state index in [-0.39, 0.29) is 12.2 Å². The lowest BCUT2D eigenvalue weighted by atomic mass is 10.1. The highest BCUT2D eigenvalue weighted by atomic mass is 32.2. The second-order valence-corrected chi connectivity index (χ2v) is 7.82. The third-order valence-electron chi connectivity index (χ3n) is 4.19. The zero-order chi connectivity index (χ0) is 20.3. The van der Waals surface area contributed by atoms with Gasteiger partial charge >= 0.3 is 5.97 Å². The van der Waals surface area contributed by atoms with E-state index in [1.54, 1.807) is 0 Å². The van der Waals surface area contributed by atoms with Crippen molar-refractivity contribution < 1.29 is 27.3 Å². The molecule has 3 N–H and O–H groups in total. The molecule has 1 rings (SSSR count). The Morgan fingerprint density at radius 2 is 1.63 bits per heavy atom. The topological polar surface area (TPSA) is 124 Å². The second kappa shape index (κ2) is 11.8. The Morgan fingerprint density at radius 1 is 1.04 bits per heavy atom. The second-order valence-electron chi connectivity index (χ2n) is 6.43. The van der Waals surface area contributed by atoms with Crippen molar-refractivity contribution in [3.63, 3.8) is 0 Å². The molecule has 0 bridgehead atoms. The molecule has 27 heavy (non-hydrogen) atoms. The van der Waals surface area contributed by atoms with Gasteiger partial charge in [0.15, 0.2) is 5.78 Å². The fraction of sp³-hybridized carbons (Fsp3) is 0.579. The van der Waals surface area contributed by atoms with Crippen LogP contribution in [0.5, 0.6) is 5.75 Å². The number of ether oxygens (including phenoxy) is 1. The minimum absolute atomic E-state index is 0.168. The van der Waals surface area contributed by atoms with Gasteiger partial charge in [0, 0.05) is 6.42 Å². The van der Waals surface area contributed by atoms with Crippen LogP contribution in [-0.2, 0) is 14.9 Å². The van der Waals surface area contributed by atoms with Crippen LogP contribution in [0.2, 0.25) is 0 Å². The first-order valence-electron chi connectivity index (χ1n) is 9.35. The van der Waals surface area contributed by atoms with Crippen molar-refractivity contribution in [3.8, 4) is 5.75 Å². The number of esters is 1. The molecule has 0 heterocycles. The summed E-state index contributed by atoms with van der Waals surface area (Å²) in [6, 6.07) is 3.66. The van der Waals surface area contributed by atoms with Crippen molar-refractivity contribution in [2.45, 2.75) is 69.6 Å². The molecule has 0 fully saturated rings. The Morgan fingerprint density at radius 3 is 2.19 bits per heavy atom. The number of carbonyl (C=O) groups excluding carboxylic acids is 2. The Kier molecular flexibility index (Phi) is 10.2. The number of carbonyl (C=O) groups is 2. The molecule has 1 aromatic rings. The first-order valence-corrected chi connectivity index (χ1v) is 10.8. The van der Waals surface area contributed by atoms with Crippen molar-refractivity contribution in [2.75, 3.05) is 6.54 Å². The Labute approximate surface area is 161 Å². The molecule has 0 unspecified atom stereocenters. The van der Waals surface area contributed by atoms with E-state index in [2.05, 4.69) is 6.92 Å². The highest BCUT2D eigenvalue weighted by Crippen LogP contribution is 2.27. The van der Waals surface area contributed by atoms with Gasteiger partial charge < -0.3 is 10.5 Å². The van der Waals surface area contributed by atoms with Crippen molar-refractivity contribution in [3.05, 3.63) is 23.8 Å². The molecule has 1 aromatic carbocycles. The Hall–Kier alpha value is -1.77. The lowest BCUT2D eigenvalue weighted by Gasteiger charge is -2.12. The molecule has 0 aliphatic heterocycles. The van der Waals surface area contributed by atoms with Gasteiger partial charge in [0.1, 0.15) is 10.6 Å². The number of hydrogen-bond acceptors (Lipinski definition) is 6. The largest absolute Gasteiger partial charge is 0.426 e. The predicted molar refractivity (Wildman–Crippen MR) is 103 cm³/mol. The highest BCUT2D eigenvalue weighted by molar-refractivity contribution is 7.86. The minimum Gasteiger partial charge on any atom is -0.426 e. The summed E-state index contributed by atoms with van der Waals surface area (Å²) in [7, 11) is -4.65. The molecule has 0 saturated carbocycles. The van der Waals surface area contributed by atoms with Gasteiger partial charge in [0.05, 0.1) is 12.1 Å². The molecule has 0 spiro atoms. The number of nitrogens with two attached hydrogens (primary N) is 1. The van der Waals surface area contributed by atoms with E-state index >= 15 is 0 Å². The van der Waals surface area contributed by atoms with Gasteiger partial charge in [0.2, 0.25) is 0 Å². The van der Waals surface area contributed by atoms with E-state index in [0.29, 0.717) is 6.42 Å². The van der Waals surface area contributed by atoms with Crippen molar-refractivity contribution in [2.24, 2.45) is 5.73 Å². The fourth-order valence-corrected chi connectivity index (χ4v) is 3.49. The van der Waals surface area contributed by atoms with Gasteiger partial charge in [-0.15, -0.1) is 0 Å². The van der Waals surface area contributed by atoms with Gasteiger partial charge in [-0.1, -0.05) is 57.9 Å². The summed E-state index contributed by atoms with van der Waals surface area (Å²) in [4.78, 5) is 23.4. The quantitative estimate of drug-likeness (QED) is 0.171. The average Bonchev–Trinajstić information content (AvgIpc) is 2.62. The number of Topliss-reactive ketones (excluding diaryl/α,β-unsaturated/α-hetero) is 1. The molecule has 0 aliphatic rings. The average molecular weight is 400 g/mol. The van der Waals surface area contributed by atoms with Crippen LogP contribution in [0.1, 0.15) is 75.1 Å². The number of ketones is 1. The van der Waals surface area contributed by atoms with Gasteiger partial charge in [-0.05, 0) is 18.6 Å². The molecule has 0 amide bonds. The molecular weight excluding hydrogens is 370 g/mol. The van der Waals surface area contributed by atoms with Gasteiger partial charge in [-0.3, -0.25) is 14.1 Å². The molecule has 0 atom stereocenters. The summed E-state index contributed by atoms with van der Waals surface area (Å²) in [5.74, 6) is -1.50. The lowest BCUT2D eigenvalue weighted by molar-refractivity contribution is -0.134. The molecule has 0 saturated heterocycles. The van der Waals surface area contributed by atoms with Crippen LogP contribution in [0.25, 0.3) is 0 Å². The van der Waals surface area contributed by atoms with Gasteiger partial charge in [-0.2, -0.15) is 8.42 Å². The molecule has 0 radical (unpaired) electrons. The van der Waals surface area contributed by atoms with Crippen LogP contribution in [0, 0.1) is 0 Å². The minimum atomic E-state index is -4.65. The summed E-state index contributed by atoms with van der Waals surface area (Å²) in [5, 5.41) is 0. The maximum Gasteiger partial charge on any atom is 0.311 e. The first-order chi connectivity index (χ1) is 12.8. The van der Waals surface area contributed by atoms with E-state index in [1.165, 1.54) is 37.8 Å². The predicted octanol–water partition coefficient (Wildman–Crippen LogP) is 3.51. The summed E-state index contributed by atoms with van der Waals surface area (Å²) in [6.45, 7) is 1.69. The van der Waals surface area contributed by atoms with E-state index in [9.17, 15) is 22.6 Å². The lowest BCUT2D eigenvalue weighted by Crippen LogP contribution is -2.20. The fourth-order valence-electron chi connectivity index (χ4n) is 2.76. The SMILES string of the molecule is CCCCCCCCCCC(=O)Oc1cccc(S(=O)(=O)O)c1C(=O)CN. The van der Waals surface area contributed by atoms with Crippen LogP contribution < -0.4 is 10.5 Å². The molecule has 8 heteroatoms. The van der Waals surface area contributed by atoms with Gasteiger partial charge in [-0.25, -0.2) is 0 Å². The van der Waals surface area contributed by atoms with E-state index in [4.69, 9.17) is 10.5 Å². The van der Waals surface area contributed by atoms with Crippen LogP contribution >= 0.6 is 0 Å². The normalized spacial score (nSPS) is 11.4. The van der Waals surface area contributed by atoms with Crippen LogP contribution in [-0.4, -0.2) is 31.3 Å². The molecule has 7 nitrogen and oxygen atoms in total. The maximum absolute atomic E-state index is 12.0. The maximum atomic E-state index is 12.0. The van der Waals surface area contributed by atoms with E-state index in [1.807, 2.05) is 0 Å². The summed E-state index contributed by atoms with van der Waals surface area (Å²) >= 11 is 0. The molecular formula is C19H29NO6S. The molecule has 0 aliphatic carbocycles. The molecule has 152 valence electrons. The van der Waals surface area contributed by atoms with Crippen molar-refractivity contribution in [1.29, 1.82) is 0 Å². The Balaban J connectivity index is 2.63. The smallest absolute Gasteiger partial charge is 0.311 e. The monoisotopic (exact) mass is 399 g/mol. The summed E-state index contributed by atoms with van der Waals surface area (Å²) in [6.07, 6.45) is 8.81. The zero-order valence-corrected chi connectivity index (χ0v) is 16.6. The van der Waals surface area contributed by atoms with Crippen molar-refractivity contribution >= 4 is 21.9 Å². The standard InChI is InChI=1S/C19H29NO6S/c1-2-3-4-5-6-7-8-9-13-18(22)26-16-11-10-12-17(27(23,24)25)19(16)15(21)14-20/h10-12H,2-9,13-14,20H2,1H3,(H,23,24,25). The Bertz CT molecular complexity index is 730. The molecule has 0 aromatic heterocycles. The number of benzene rings is 1. The van der Waals surface area contributed by atoms with Crippen molar-refractivity contribution in [1.82, 2.24) is 0 Å². The third kappa shape index (κ3) is 8.19. The van der Waals surface area contributed by atoms with E-state index in [0.717, 1.165) is 25.3 Å². The summed E-state index contributed by atoms with van der Waals surface area (Å²) < 4.78 is 37.4.